The summed E-state index contributed by atoms with van der Waals surface area (Å²) in [6.45, 7) is 8.87. The average molecular weight is 471 g/mol. The largest absolute Gasteiger partial charge is 0.497 e. The van der Waals surface area contributed by atoms with Crippen LogP contribution in [0.25, 0.3) is 0 Å². The summed E-state index contributed by atoms with van der Waals surface area (Å²) in [5, 5.41) is 3.93. The van der Waals surface area contributed by atoms with Crippen molar-refractivity contribution in [1.29, 1.82) is 0 Å². The molecule has 1 atom stereocenters. The predicted molar refractivity (Wildman–Crippen MR) is 140 cm³/mol. The Kier molecular flexibility index (Phi) is 12.9. The van der Waals surface area contributed by atoms with Crippen LogP contribution < -0.4 is 24.6 Å². The van der Waals surface area contributed by atoms with Crippen molar-refractivity contribution in [3.05, 3.63) is 42.5 Å². The van der Waals surface area contributed by atoms with Crippen LogP contribution in [0, 0.1) is 0 Å². The molecule has 0 fully saturated rings. The van der Waals surface area contributed by atoms with Gasteiger partial charge in [-0.05, 0) is 61.3 Å². The predicted octanol–water partition coefficient (Wildman–Crippen LogP) is 6.35. The lowest BCUT2D eigenvalue weighted by Crippen LogP contribution is -2.38. The van der Waals surface area contributed by atoms with Gasteiger partial charge in [-0.15, -0.1) is 0 Å². The lowest BCUT2D eigenvalue weighted by Gasteiger charge is -2.32. The topological polar surface area (TPSA) is 68.9 Å². The van der Waals surface area contributed by atoms with Gasteiger partial charge in [-0.25, -0.2) is 0 Å². The molecule has 2 aromatic rings. The fourth-order valence-corrected chi connectivity index (χ4v) is 3.91. The second-order valence-corrected chi connectivity index (χ2v) is 8.78. The normalized spacial score (nSPS) is 11.6. The minimum absolute atomic E-state index is 0.182. The Morgan fingerprint density at radius 2 is 1.53 bits per heavy atom. The van der Waals surface area contributed by atoms with Gasteiger partial charge in [0.25, 0.3) is 0 Å². The second-order valence-electron chi connectivity index (χ2n) is 8.78. The Balaban J connectivity index is 2.11. The molecule has 1 unspecified atom stereocenters. The molecule has 0 aliphatic rings. The summed E-state index contributed by atoms with van der Waals surface area (Å²) in [5.74, 6) is 2.41. The van der Waals surface area contributed by atoms with E-state index in [1.165, 1.54) is 38.5 Å². The smallest absolute Gasteiger partial charge is 0.171 e. The number of rotatable bonds is 18. The molecule has 0 aliphatic carbocycles. The number of nitrogens with two attached hydrogens (primary N) is 1. The van der Waals surface area contributed by atoms with Gasteiger partial charge in [0, 0.05) is 18.3 Å². The van der Waals surface area contributed by atoms with Gasteiger partial charge >= 0.3 is 0 Å². The van der Waals surface area contributed by atoms with Gasteiger partial charge in [0.15, 0.2) is 11.4 Å². The van der Waals surface area contributed by atoms with Crippen molar-refractivity contribution in [3.8, 4) is 17.2 Å². The first-order valence-corrected chi connectivity index (χ1v) is 12.8. The van der Waals surface area contributed by atoms with E-state index in [0.29, 0.717) is 18.9 Å². The van der Waals surface area contributed by atoms with E-state index in [2.05, 4.69) is 42.9 Å². The Labute approximate surface area is 206 Å². The van der Waals surface area contributed by atoms with Crippen LogP contribution in [-0.4, -0.2) is 32.9 Å². The average Bonchev–Trinajstić information content (AvgIpc) is 2.87. The third-order valence-electron chi connectivity index (χ3n) is 6.00. The zero-order valence-corrected chi connectivity index (χ0v) is 21.6. The molecule has 6 nitrogen and oxygen atoms in total. The molecule has 2 rings (SSSR count). The van der Waals surface area contributed by atoms with Crippen molar-refractivity contribution >= 4 is 11.4 Å². The summed E-state index contributed by atoms with van der Waals surface area (Å²) >= 11 is 0. The molecule has 6 heteroatoms. The molecule has 0 spiro atoms. The Hall–Kier alpha value is -2.76. The highest BCUT2D eigenvalue weighted by atomic mass is 16.5. The molecule has 2 aromatic carbocycles. The summed E-state index contributed by atoms with van der Waals surface area (Å²) in [7, 11) is 1.67. The van der Waals surface area contributed by atoms with Crippen molar-refractivity contribution in [1.82, 2.24) is 0 Å². The summed E-state index contributed by atoms with van der Waals surface area (Å²) in [4.78, 5) is 2.41. The van der Waals surface area contributed by atoms with Crippen LogP contribution >= 0.6 is 0 Å². The van der Waals surface area contributed by atoms with Crippen LogP contribution in [-0.2, 0) is 0 Å². The number of methoxy groups -OCH3 is 1. The van der Waals surface area contributed by atoms with Crippen LogP contribution in [0.15, 0.2) is 47.6 Å². The van der Waals surface area contributed by atoms with Gasteiger partial charge in [0.1, 0.15) is 18.1 Å². The van der Waals surface area contributed by atoms with E-state index in [1.54, 1.807) is 7.11 Å². The first-order valence-electron chi connectivity index (χ1n) is 12.8. The van der Waals surface area contributed by atoms with Crippen molar-refractivity contribution in [2.45, 2.75) is 78.2 Å². The van der Waals surface area contributed by atoms with Gasteiger partial charge in [0.2, 0.25) is 0 Å². The van der Waals surface area contributed by atoms with Gasteiger partial charge in [-0.2, -0.15) is 5.53 Å². The van der Waals surface area contributed by atoms with Crippen molar-refractivity contribution in [2.24, 2.45) is 5.11 Å². The highest BCUT2D eigenvalue weighted by Gasteiger charge is 2.18. The molecule has 0 heterocycles. The Morgan fingerprint density at radius 3 is 2.18 bits per heavy atom. The molecule has 0 saturated heterocycles. The zero-order valence-electron chi connectivity index (χ0n) is 21.6. The molecule has 0 radical (unpaired) electrons. The molecular weight excluding hydrogens is 426 g/mol. The van der Waals surface area contributed by atoms with Gasteiger partial charge in [0.05, 0.1) is 19.8 Å². The molecule has 2 N–H and O–H groups in total. The Bertz CT molecular complexity index is 826. The van der Waals surface area contributed by atoms with E-state index in [0.717, 1.165) is 42.3 Å². The maximum atomic E-state index is 6.11. The maximum Gasteiger partial charge on any atom is 0.171 e. The van der Waals surface area contributed by atoms with Crippen LogP contribution in [0.2, 0.25) is 0 Å². The van der Waals surface area contributed by atoms with E-state index in [4.69, 9.17) is 19.7 Å². The van der Waals surface area contributed by atoms with Crippen LogP contribution in [0.5, 0.6) is 17.2 Å². The molecular formula is C28H44N3O3+. The van der Waals surface area contributed by atoms with Gasteiger partial charge < -0.3 is 19.1 Å². The third kappa shape index (κ3) is 9.24. The standard InChI is InChI=1S/C28H43N3O3/c1-5-7-9-11-19-31(23(3)22-34-26-16-14-25(32-4)15-17-26)24-13-18-27(30-29)28(21-24)33-20-12-10-8-6-2/h13-18,21,23,29H,5-12,19-20,22H2,1-4H3/p+1. The molecule has 0 aliphatic heterocycles. The summed E-state index contributed by atoms with van der Waals surface area (Å²) in [5.41, 5.74) is 7.43. The highest BCUT2D eigenvalue weighted by molar-refractivity contribution is 5.62. The number of hydrogen-bond donors (Lipinski definition) is 1. The zero-order chi connectivity index (χ0) is 24.6. The minimum Gasteiger partial charge on any atom is -0.497 e. The first-order chi connectivity index (χ1) is 16.6. The minimum atomic E-state index is 0.182. The fourth-order valence-electron chi connectivity index (χ4n) is 3.91. The van der Waals surface area contributed by atoms with Gasteiger partial charge in [-0.3, -0.25) is 0 Å². The summed E-state index contributed by atoms with van der Waals surface area (Å²) in [6, 6.07) is 14.0. The van der Waals surface area contributed by atoms with E-state index < -0.39 is 0 Å². The summed E-state index contributed by atoms with van der Waals surface area (Å²) in [6.07, 6.45) is 9.48. The number of anilines is 1. The van der Waals surface area contributed by atoms with Crippen molar-refractivity contribution in [2.75, 3.05) is 31.8 Å². The Morgan fingerprint density at radius 1 is 0.853 bits per heavy atom. The number of unbranched alkanes of at least 4 members (excludes halogenated alkanes) is 6. The fraction of sp³-hybridized carbons (Fsp3) is 0.571. The van der Waals surface area contributed by atoms with Crippen molar-refractivity contribution < 1.29 is 19.7 Å². The van der Waals surface area contributed by atoms with Gasteiger partial charge in [-0.1, -0.05) is 52.4 Å². The SMILES string of the molecule is CCCCCCOc1cc(N(CCCCCC)C(C)COc2ccc(OC)cc2)ccc1N=[NH2+]. The number of benzene rings is 2. The molecule has 0 saturated carbocycles. The first kappa shape index (κ1) is 27.5. The monoisotopic (exact) mass is 470 g/mol. The van der Waals surface area contributed by atoms with E-state index in [-0.39, 0.29) is 6.04 Å². The number of hydrogen-bond acceptors (Lipinski definition) is 5. The number of nitrogens with zero attached hydrogens (tertiary/aromatic N) is 2. The molecule has 0 amide bonds. The van der Waals surface area contributed by atoms with E-state index >= 15 is 0 Å². The number of ether oxygens (including phenoxy) is 3. The lowest BCUT2D eigenvalue weighted by molar-refractivity contribution is -0.210. The quantitative estimate of drug-likeness (QED) is 0.204. The molecule has 0 bridgehead atoms. The third-order valence-corrected chi connectivity index (χ3v) is 6.00. The van der Waals surface area contributed by atoms with Crippen LogP contribution in [0.1, 0.15) is 72.1 Å². The van der Waals surface area contributed by atoms with Crippen LogP contribution in [0.3, 0.4) is 0 Å². The highest BCUT2D eigenvalue weighted by Crippen LogP contribution is 2.33. The van der Waals surface area contributed by atoms with Crippen LogP contribution in [0.4, 0.5) is 11.4 Å². The van der Waals surface area contributed by atoms with E-state index in [9.17, 15) is 0 Å². The van der Waals surface area contributed by atoms with E-state index in [1.807, 2.05) is 30.3 Å². The molecule has 188 valence electrons. The van der Waals surface area contributed by atoms with Crippen molar-refractivity contribution in [3.63, 3.8) is 0 Å². The molecule has 0 aromatic heterocycles. The molecule has 34 heavy (non-hydrogen) atoms. The second kappa shape index (κ2) is 16.0. The summed E-state index contributed by atoms with van der Waals surface area (Å²) < 4.78 is 17.4. The maximum absolute atomic E-state index is 6.11. The lowest BCUT2D eigenvalue weighted by atomic mass is 10.1.